The number of rotatable bonds is 2. The minimum atomic E-state index is -0.694. The van der Waals surface area contributed by atoms with Gasteiger partial charge in [-0.15, -0.1) is 0 Å². The van der Waals surface area contributed by atoms with Crippen LogP contribution >= 0.6 is 11.6 Å². The maximum Gasteiger partial charge on any atom is 0.417 e. The van der Waals surface area contributed by atoms with Crippen LogP contribution in [-0.2, 0) is 0 Å². The van der Waals surface area contributed by atoms with Crippen molar-refractivity contribution in [2.45, 2.75) is 6.92 Å². The van der Waals surface area contributed by atoms with Gasteiger partial charge in [-0.05, 0) is 47.5 Å². The molecule has 0 atom stereocenters. The van der Waals surface area contributed by atoms with Gasteiger partial charge in [0.15, 0.2) is 11.5 Å². The van der Waals surface area contributed by atoms with Crippen LogP contribution in [0.25, 0.3) is 10.8 Å². The molecule has 0 saturated carbocycles. The number of aryl methyl sites for hydroxylation is 1. The van der Waals surface area contributed by atoms with Crippen molar-refractivity contribution in [3.8, 4) is 11.5 Å². The lowest BCUT2D eigenvalue weighted by molar-refractivity contribution is 0.213. The van der Waals surface area contributed by atoms with Gasteiger partial charge in [0.2, 0.25) is 0 Å². The lowest BCUT2D eigenvalue weighted by Crippen LogP contribution is -2.17. The van der Waals surface area contributed by atoms with Crippen molar-refractivity contribution < 1.29 is 14.6 Å². The van der Waals surface area contributed by atoms with Crippen LogP contribution in [0.2, 0.25) is 5.02 Å². The predicted molar refractivity (Wildman–Crippen MR) is 91.4 cm³/mol. The molecule has 0 aliphatic heterocycles. The third kappa shape index (κ3) is 3.38. The van der Waals surface area contributed by atoms with Gasteiger partial charge >= 0.3 is 6.09 Å². The number of anilines is 1. The van der Waals surface area contributed by atoms with Crippen molar-refractivity contribution in [2.75, 3.05) is 5.32 Å². The number of halogens is 1. The molecule has 0 radical (unpaired) electrons. The van der Waals surface area contributed by atoms with Gasteiger partial charge < -0.3 is 9.84 Å². The Balaban J connectivity index is 1.82. The van der Waals surface area contributed by atoms with Crippen LogP contribution in [-0.4, -0.2) is 11.2 Å². The molecule has 0 spiro atoms. The minimum Gasteiger partial charge on any atom is -0.504 e. The van der Waals surface area contributed by atoms with Gasteiger partial charge in [-0.25, -0.2) is 4.79 Å². The summed E-state index contributed by atoms with van der Waals surface area (Å²) in [5.74, 6) is 0.00236. The van der Waals surface area contributed by atoms with E-state index in [1.165, 1.54) is 0 Å². The van der Waals surface area contributed by atoms with Crippen LogP contribution in [0.1, 0.15) is 5.56 Å². The first-order chi connectivity index (χ1) is 11.0. The second-order valence-corrected chi connectivity index (χ2v) is 5.58. The number of nitrogens with one attached hydrogen (secondary N) is 1. The van der Waals surface area contributed by atoms with E-state index < -0.39 is 6.09 Å². The molecule has 0 heterocycles. The average Bonchev–Trinajstić information content (AvgIpc) is 2.51. The molecule has 0 saturated heterocycles. The summed E-state index contributed by atoms with van der Waals surface area (Å²) in [6.07, 6.45) is -0.694. The van der Waals surface area contributed by atoms with E-state index in [9.17, 15) is 9.90 Å². The molecule has 0 aliphatic carbocycles. The number of carbonyl (C=O) groups is 1. The molecule has 0 aromatic heterocycles. The Morgan fingerprint density at radius 2 is 1.78 bits per heavy atom. The third-order valence-electron chi connectivity index (χ3n) is 3.47. The number of fused-ring (bicyclic) bond motifs is 1. The molecule has 1 amide bonds. The Hall–Kier alpha value is -2.72. The molecule has 0 fully saturated rings. The van der Waals surface area contributed by atoms with Crippen LogP contribution in [0.5, 0.6) is 11.5 Å². The van der Waals surface area contributed by atoms with E-state index in [1.807, 2.05) is 31.2 Å². The molecule has 2 N–H and O–H groups in total. The lowest BCUT2D eigenvalue weighted by Gasteiger charge is -2.11. The summed E-state index contributed by atoms with van der Waals surface area (Å²) in [6, 6.07) is 15.8. The van der Waals surface area contributed by atoms with Crippen LogP contribution in [0, 0.1) is 6.92 Å². The zero-order chi connectivity index (χ0) is 16.4. The standard InChI is InChI=1S/C18H14ClNO3/c1-11-6-7-14(19)10-15(11)20-18(22)23-17-9-13-5-3-2-4-12(13)8-16(17)21/h2-10,21H,1H3,(H,20,22). The van der Waals surface area contributed by atoms with Crippen molar-refractivity contribution in [3.05, 3.63) is 65.2 Å². The average molecular weight is 328 g/mol. The highest BCUT2D eigenvalue weighted by Crippen LogP contribution is 2.31. The van der Waals surface area contributed by atoms with Gasteiger partial charge in [0.05, 0.1) is 0 Å². The summed E-state index contributed by atoms with van der Waals surface area (Å²) in [7, 11) is 0. The molecule has 3 aromatic rings. The number of hydrogen-bond donors (Lipinski definition) is 2. The summed E-state index contributed by atoms with van der Waals surface area (Å²) < 4.78 is 5.21. The number of phenols is 1. The van der Waals surface area contributed by atoms with E-state index >= 15 is 0 Å². The van der Waals surface area contributed by atoms with Gasteiger partial charge in [0.25, 0.3) is 0 Å². The molecule has 116 valence electrons. The van der Waals surface area contributed by atoms with E-state index in [0.717, 1.165) is 16.3 Å². The quantitative estimate of drug-likeness (QED) is 0.687. The van der Waals surface area contributed by atoms with E-state index in [0.29, 0.717) is 10.7 Å². The fourth-order valence-electron chi connectivity index (χ4n) is 2.25. The maximum atomic E-state index is 12.0. The number of amides is 1. The first-order valence-corrected chi connectivity index (χ1v) is 7.37. The first-order valence-electron chi connectivity index (χ1n) is 7.00. The molecule has 4 nitrogen and oxygen atoms in total. The molecule has 0 unspecified atom stereocenters. The summed E-state index contributed by atoms with van der Waals surface area (Å²) in [4.78, 5) is 12.0. The summed E-state index contributed by atoms with van der Waals surface area (Å²) in [5, 5.41) is 14.9. The Kier molecular flexibility index (Phi) is 4.08. The van der Waals surface area contributed by atoms with Crippen molar-refractivity contribution in [2.24, 2.45) is 0 Å². The largest absolute Gasteiger partial charge is 0.504 e. The number of aromatic hydroxyl groups is 1. The molecule has 0 aliphatic rings. The number of carbonyl (C=O) groups excluding carboxylic acids is 1. The van der Waals surface area contributed by atoms with Crippen molar-refractivity contribution >= 4 is 34.2 Å². The summed E-state index contributed by atoms with van der Waals surface area (Å²) >= 11 is 5.92. The van der Waals surface area contributed by atoms with Crippen molar-refractivity contribution in [3.63, 3.8) is 0 Å². The van der Waals surface area contributed by atoms with Crippen LogP contribution in [0.4, 0.5) is 10.5 Å². The van der Waals surface area contributed by atoms with Gasteiger partial charge in [0.1, 0.15) is 0 Å². The fraction of sp³-hybridized carbons (Fsp3) is 0.0556. The summed E-state index contributed by atoms with van der Waals surface area (Å²) in [6.45, 7) is 1.85. The van der Waals surface area contributed by atoms with Crippen LogP contribution in [0.3, 0.4) is 0 Å². The van der Waals surface area contributed by atoms with Gasteiger partial charge in [-0.2, -0.15) is 0 Å². The number of hydrogen-bond acceptors (Lipinski definition) is 3. The Bertz CT molecular complexity index is 893. The smallest absolute Gasteiger partial charge is 0.417 e. The van der Waals surface area contributed by atoms with E-state index in [4.69, 9.17) is 16.3 Å². The second-order valence-electron chi connectivity index (χ2n) is 5.14. The van der Waals surface area contributed by atoms with E-state index in [1.54, 1.807) is 30.3 Å². The molecule has 0 bridgehead atoms. The highest BCUT2D eigenvalue weighted by Gasteiger charge is 2.12. The highest BCUT2D eigenvalue weighted by molar-refractivity contribution is 6.31. The zero-order valence-electron chi connectivity index (χ0n) is 12.3. The van der Waals surface area contributed by atoms with Gasteiger partial charge in [-0.1, -0.05) is 41.9 Å². The minimum absolute atomic E-state index is 0.0957. The second kappa shape index (κ2) is 6.18. The third-order valence-corrected chi connectivity index (χ3v) is 3.70. The van der Waals surface area contributed by atoms with Crippen molar-refractivity contribution in [1.29, 1.82) is 0 Å². The fourth-order valence-corrected chi connectivity index (χ4v) is 2.43. The molecular weight excluding hydrogens is 314 g/mol. The molecular formula is C18H14ClNO3. The van der Waals surface area contributed by atoms with E-state index in [2.05, 4.69) is 5.32 Å². The van der Waals surface area contributed by atoms with Crippen LogP contribution in [0.15, 0.2) is 54.6 Å². The first kappa shape index (κ1) is 15.2. The Labute approximate surface area is 138 Å². The normalized spacial score (nSPS) is 10.5. The van der Waals surface area contributed by atoms with Crippen molar-refractivity contribution in [1.82, 2.24) is 0 Å². The topological polar surface area (TPSA) is 58.6 Å². The molecule has 3 rings (SSSR count). The number of benzene rings is 3. The molecule has 5 heteroatoms. The van der Waals surface area contributed by atoms with E-state index in [-0.39, 0.29) is 11.5 Å². The van der Waals surface area contributed by atoms with Gasteiger partial charge in [-0.3, -0.25) is 5.32 Å². The summed E-state index contributed by atoms with van der Waals surface area (Å²) in [5.41, 5.74) is 1.41. The zero-order valence-corrected chi connectivity index (χ0v) is 13.1. The SMILES string of the molecule is Cc1ccc(Cl)cc1NC(=O)Oc1cc2ccccc2cc1O. The maximum absolute atomic E-state index is 12.0. The van der Waals surface area contributed by atoms with Crippen LogP contribution < -0.4 is 10.1 Å². The lowest BCUT2D eigenvalue weighted by atomic mass is 10.1. The monoisotopic (exact) mass is 327 g/mol. The Morgan fingerprint density at radius 3 is 2.52 bits per heavy atom. The molecule has 23 heavy (non-hydrogen) atoms. The van der Waals surface area contributed by atoms with Gasteiger partial charge in [0, 0.05) is 10.7 Å². The molecule has 3 aromatic carbocycles. The number of ether oxygens (including phenoxy) is 1. The highest BCUT2D eigenvalue weighted by atomic mass is 35.5. The Morgan fingerprint density at radius 1 is 1.09 bits per heavy atom. The predicted octanol–water partition coefficient (Wildman–Crippen LogP) is 5.12. The number of phenolic OH excluding ortho intramolecular Hbond substituents is 1.